The Labute approximate surface area is 143 Å². The number of carbonyl (C=O) groups excluding carboxylic acids is 2. The van der Waals surface area contributed by atoms with Gasteiger partial charge in [-0.1, -0.05) is 11.6 Å². The average molecular weight is 384 g/mol. The van der Waals surface area contributed by atoms with Gasteiger partial charge >= 0.3 is 5.97 Å². The molecule has 4 nitrogen and oxygen atoms in total. The van der Waals surface area contributed by atoms with E-state index < -0.39 is 11.8 Å². The molecule has 0 unspecified atom stereocenters. The number of allylic oxidation sites excluding steroid dienone is 1. The number of ether oxygens (including phenoxy) is 1. The zero-order valence-corrected chi connectivity index (χ0v) is 14.3. The van der Waals surface area contributed by atoms with Crippen molar-refractivity contribution < 1.29 is 18.7 Å². The normalized spacial score (nSPS) is 14.1. The van der Waals surface area contributed by atoms with Gasteiger partial charge in [0, 0.05) is 11.0 Å². The molecule has 0 saturated heterocycles. The fourth-order valence-electron chi connectivity index (χ4n) is 2.41. The minimum atomic E-state index is -0.735. The van der Waals surface area contributed by atoms with Gasteiger partial charge < -0.3 is 10.1 Å². The van der Waals surface area contributed by atoms with Crippen molar-refractivity contribution in [3.05, 3.63) is 45.7 Å². The number of hydrogen-bond donors (Lipinski definition) is 1. The number of benzene rings is 1. The van der Waals surface area contributed by atoms with Gasteiger partial charge in [0.15, 0.2) is 6.61 Å². The van der Waals surface area contributed by atoms with Gasteiger partial charge in [-0.15, -0.1) is 0 Å². The molecule has 0 aliphatic heterocycles. The Kier molecular flexibility index (Phi) is 6.77. The summed E-state index contributed by atoms with van der Waals surface area (Å²) in [6.07, 6.45) is 7.72. The van der Waals surface area contributed by atoms with Crippen molar-refractivity contribution in [2.45, 2.75) is 32.1 Å². The quantitative estimate of drug-likeness (QED) is 0.601. The van der Waals surface area contributed by atoms with E-state index in [-0.39, 0.29) is 18.1 Å². The summed E-state index contributed by atoms with van der Waals surface area (Å²) in [4.78, 5) is 23.5. The maximum Gasteiger partial charge on any atom is 0.339 e. The van der Waals surface area contributed by atoms with Crippen molar-refractivity contribution in [3.63, 3.8) is 0 Å². The van der Waals surface area contributed by atoms with Crippen molar-refractivity contribution in [1.29, 1.82) is 0 Å². The molecule has 124 valence electrons. The van der Waals surface area contributed by atoms with E-state index in [1.54, 1.807) is 0 Å². The Bertz CT molecular complexity index is 616. The first-order valence-electron chi connectivity index (χ1n) is 7.63. The molecule has 1 aromatic carbocycles. The summed E-state index contributed by atoms with van der Waals surface area (Å²) in [6, 6.07) is 3.72. The molecule has 0 saturated carbocycles. The van der Waals surface area contributed by atoms with Crippen LogP contribution in [0.3, 0.4) is 0 Å². The molecular formula is C17H19BrFNO3. The van der Waals surface area contributed by atoms with E-state index in [0.717, 1.165) is 25.3 Å². The Morgan fingerprint density at radius 3 is 2.87 bits per heavy atom. The first-order chi connectivity index (χ1) is 11.1. The smallest absolute Gasteiger partial charge is 0.339 e. The Morgan fingerprint density at radius 2 is 2.13 bits per heavy atom. The highest BCUT2D eigenvalue weighted by atomic mass is 79.9. The molecule has 0 heterocycles. The van der Waals surface area contributed by atoms with Gasteiger partial charge in [0.05, 0.1) is 5.56 Å². The minimum absolute atomic E-state index is 0.0603. The second-order valence-electron chi connectivity index (χ2n) is 5.41. The van der Waals surface area contributed by atoms with Crippen molar-refractivity contribution in [2.24, 2.45) is 0 Å². The highest BCUT2D eigenvalue weighted by Gasteiger charge is 2.14. The highest BCUT2D eigenvalue weighted by molar-refractivity contribution is 9.10. The third kappa shape index (κ3) is 5.78. The lowest BCUT2D eigenvalue weighted by Crippen LogP contribution is -2.30. The maximum atomic E-state index is 13.1. The van der Waals surface area contributed by atoms with E-state index >= 15 is 0 Å². The molecule has 6 heteroatoms. The molecule has 1 aliphatic carbocycles. The lowest BCUT2D eigenvalue weighted by atomic mass is 9.97. The standard InChI is InChI=1S/C17H19BrFNO3/c18-15-7-6-13(19)10-14(15)17(22)23-11-16(21)20-9-8-12-4-2-1-3-5-12/h4,6-7,10H,1-3,5,8-9,11H2,(H,20,21). The number of hydrogen-bond acceptors (Lipinski definition) is 3. The van der Waals surface area contributed by atoms with Crippen molar-refractivity contribution in [1.82, 2.24) is 5.32 Å². The number of amides is 1. The summed E-state index contributed by atoms with van der Waals surface area (Å²) in [5.41, 5.74) is 1.43. The lowest BCUT2D eigenvalue weighted by molar-refractivity contribution is -0.124. The van der Waals surface area contributed by atoms with Crippen LogP contribution in [0, 0.1) is 5.82 Å². The second-order valence-corrected chi connectivity index (χ2v) is 6.26. The third-order valence-electron chi connectivity index (χ3n) is 3.64. The van der Waals surface area contributed by atoms with Gasteiger partial charge in [0.2, 0.25) is 0 Å². The zero-order chi connectivity index (χ0) is 16.7. The molecule has 1 aromatic rings. The molecule has 1 amide bonds. The van der Waals surface area contributed by atoms with E-state index in [1.807, 2.05) is 0 Å². The number of carbonyl (C=O) groups is 2. The van der Waals surface area contributed by atoms with E-state index in [0.29, 0.717) is 11.0 Å². The third-order valence-corrected chi connectivity index (χ3v) is 4.33. The molecule has 1 N–H and O–H groups in total. The Morgan fingerprint density at radius 1 is 1.30 bits per heavy atom. The van der Waals surface area contributed by atoms with Crippen LogP contribution in [-0.4, -0.2) is 25.0 Å². The van der Waals surface area contributed by atoms with Gasteiger partial charge in [-0.2, -0.15) is 0 Å². The topological polar surface area (TPSA) is 55.4 Å². The summed E-state index contributed by atoms with van der Waals surface area (Å²) < 4.78 is 18.5. The van der Waals surface area contributed by atoms with Gasteiger partial charge in [0.1, 0.15) is 5.82 Å². The van der Waals surface area contributed by atoms with Crippen LogP contribution in [-0.2, 0) is 9.53 Å². The van der Waals surface area contributed by atoms with Crippen LogP contribution >= 0.6 is 15.9 Å². The van der Waals surface area contributed by atoms with Crippen LogP contribution in [0.2, 0.25) is 0 Å². The van der Waals surface area contributed by atoms with Crippen LogP contribution in [0.4, 0.5) is 4.39 Å². The SMILES string of the molecule is O=C(COC(=O)c1cc(F)ccc1Br)NCCC1=CCCCC1. The predicted molar refractivity (Wildman–Crippen MR) is 88.6 cm³/mol. The fraction of sp³-hybridized carbons (Fsp3) is 0.412. The van der Waals surface area contributed by atoms with E-state index in [4.69, 9.17) is 4.74 Å². The van der Waals surface area contributed by atoms with Gasteiger partial charge in [-0.25, -0.2) is 9.18 Å². The molecule has 0 aromatic heterocycles. The predicted octanol–water partition coefficient (Wildman–Crippen LogP) is 3.75. The summed E-state index contributed by atoms with van der Waals surface area (Å²) in [6.45, 7) is 0.159. The molecule has 0 fully saturated rings. The number of esters is 1. The zero-order valence-electron chi connectivity index (χ0n) is 12.7. The van der Waals surface area contributed by atoms with Crippen LogP contribution in [0.15, 0.2) is 34.3 Å². The largest absolute Gasteiger partial charge is 0.452 e. The maximum absolute atomic E-state index is 13.1. The molecule has 2 rings (SSSR count). The Balaban J connectivity index is 1.72. The average Bonchev–Trinajstić information content (AvgIpc) is 2.56. The number of rotatable bonds is 6. The summed E-state index contributed by atoms with van der Waals surface area (Å²) in [5.74, 6) is -1.63. The molecule has 0 spiro atoms. The lowest BCUT2D eigenvalue weighted by Gasteiger charge is -2.13. The first kappa shape index (κ1) is 17.7. The molecule has 23 heavy (non-hydrogen) atoms. The van der Waals surface area contributed by atoms with Crippen LogP contribution in [0.5, 0.6) is 0 Å². The summed E-state index contributed by atoms with van der Waals surface area (Å²) in [7, 11) is 0. The molecule has 1 aliphatic rings. The summed E-state index contributed by atoms with van der Waals surface area (Å²) in [5, 5.41) is 2.72. The number of nitrogens with one attached hydrogen (secondary N) is 1. The second kappa shape index (κ2) is 8.82. The monoisotopic (exact) mass is 383 g/mol. The minimum Gasteiger partial charge on any atom is -0.452 e. The van der Waals surface area contributed by atoms with Crippen LogP contribution < -0.4 is 5.32 Å². The van der Waals surface area contributed by atoms with Crippen molar-refractivity contribution in [2.75, 3.05) is 13.2 Å². The first-order valence-corrected chi connectivity index (χ1v) is 8.42. The van der Waals surface area contributed by atoms with E-state index in [2.05, 4.69) is 27.3 Å². The Hall–Kier alpha value is -1.69. The van der Waals surface area contributed by atoms with Gasteiger partial charge in [-0.3, -0.25) is 4.79 Å². The van der Waals surface area contributed by atoms with Crippen LogP contribution in [0.25, 0.3) is 0 Å². The van der Waals surface area contributed by atoms with Gasteiger partial charge in [0.25, 0.3) is 5.91 Å². The van der Waals surface area contributed by atoms with Crippen molar-refractivity contribution >= 4 is 27.8 Å². The molecule has 0 atom stereocenters. The highest BCUT2D eigenvalue weighted by Crippen LogP contribution is 2.20. The van der Waals surface area contributed by atoms with Gasteiger partial charge in [-0.05, 0) is 66.2 Å². The van der Waals surface area contributed by atoms with Crippen LogP contribution in [0.1, 0.15) is 42.5 Å². The van der Waals surface area contributed by atoms with E-state index in [9.17, 15) is 14.0 Å². The van der Waals surface area contributed by atoms with Crippen molar-refractivity contribution in [3.8, 4) is 0 Å². The molecular weight excluding hydrogens is 365 g/mol. The molecule has 0 bridgehead atoms. The summed E-state index contributed by atoms with van der Waals surface area (Å²) >= 11 is 3.15. The molecule has 0 radical (unpaired) electrons. The number of halogens is 2. The van der Waals surface area contributed by atoms with E-state index in [1.165, 1.54) is 30.5 Å². The fourth-order valence-corrected chi connectivity index (χ4v) is 2.82.